The average molecular weight is 342 g/mol. The van der Waals surface area contributed by atoms with Crippen molar-refractivity contribution in [2.75, 3.05) is 12.3 Å². The first-order chi connectivity index (χ1) is 10.8. The zero-order valence-electron chi connectivity index (χ0n) is 11.6. The van der Waals surface area contributed by atoms with Gasteiger partial charge in [0.05, 0.1) is 6.61 Å². The van der Waals surface area contributed by atoms with Crippen molar-refractivity contribution in [2.24, 2.45) is 5.73 Å². The van der Waals surface area contributed by atoms with Crippen LogP contribution >= 0.6 is 12.2 Å². The Morgan fingerprint density at radius 1 is 1.43 bits per heavy atom. The molecular formula is C11H14N6O5S. The van der Waals surface area contributed by atoms with Crippen LogP contribution in [0.5, 0.6) is 0 Å². The van der Waals surface area contributed by atoms with E-state index in [0.717, 1.165) is 4.68 Å². The highest BCUT2D eigenvalue weighted by Crippen LogP contribution is 2.31. The van der Waals surface area contributed by atoms with Crippen LogP contribution in [0, 0.1) is 0 Å². The fraction of sp³-hybridized carbons (Fsp3) is 0.455. The predicted octanol–water partition coefficient (Wildman–Crippen LogP) is -3.05. The summed E-state index contributed by atoms with van der Waals surface area (Å²) in [6.07, 6.45) is -4.95. The molecule has 8 N–H and O–H groups in total. The highest BCUT2D eigenvalue weighted by atomic mass is 32.1. The first-order valence-electron chi connectivity index (χ1n) is 6.55. The van der Waals surface area contributed by atoms with Crippen LogP contribution in [0.1, 0.15) is 11.9 Å². The lowest BCUT2D eigenvalue weighted by atomic mass is 10.1. The predicted molar refractivity (Wildman–Crippen MR) is 81.5 cm³/mol. The summed E-state index contributed by atoms with van der Waals surface area (Å²) >= 11 is 4.87. The van der Waals surface area contributed by atoms with E-state index < -0.39 is 36.7 Å². The lowest BCUT2D eigenvalue weighted by Crippen LogP contribution is -2.33. The molecule has 124 valence electrons. The van der Waals surface area contributed by atoms with Crippen LogP contribution in [0.4, 0.5) is 5.95 Å². The number of ether oxygens (including phenoxy) is 1. The van der Waals surface area contributed by atoms with Gasteiger partial charge < -0.3 is 31.5 Å². The molecule has 4 atom stereocenters. The van der Waals surface area contributed by atoms with Crippen molar-refractivity contribution in [3.05, 3.63) is 16.0 Å². The number of aromatic amines is 1. The Bertz CT molecular complexity index is 834. The second kappa shape index (κ2) is 5.50. The van der Waals surface area contributed by atoms with E-state index in [2.05, 4.69) is 15.1 Å². The number of fused-ring (bicyclic) bond motifs is 1. The van der Waals surface area contributed by atoms with Gasteiger partial charge in [-0.25, -0.2) is 4.68 Å². The Hall–Kier alpha value is -2.12. The van der Waals surface area contributed by atoms with Crippen LogP contribution in [-0.2, 0) is 4.74 Å². The number of aliphatic hydroxyl groups excluding tert-OH is 3. The van der Waals surface area contributed by atoms with Gasteiger partial charge in [0, 0.05) is 0 Å². The van der Waals surface area contributed by atoms with E-state index in [4.69, 9.17) is 33.5 Å². The van der Waals surface area contributed by atoms with Gasteiger partial charge in [-0.15, -0.1) is 0 Å². The Balaban J connectivity index is 2.23. The van der Waals surface area contributed by atoms with Gasteiger partial charge in [0.1, 0.15) is 34.4 Å². The quantitative estimate of drug-likeness (QED) is 0.313. The number of thiocarbonyl (C=S) groups is 1. The molecule has 1 aliphatic rings. The third-order valence-electron chi connectivity index (χ3n) is 3.57. The van der Waals surface area contributed by atoms with E-state index in [0.29, 0.717) is 0 Å². The van der Waals surface area contributed by atoms with Crippen LogP contribution in [-0.4, -0.2) is 65.0 Å². The molecule has 2 aromatic rings. The van der Waals surface area contributed by atoms with Crippen molar-refractivity contribution in [3.63, 3.8) is 0 Å². The number of nitrogen functional groups attached to an aromatic ring is 1. The van der Waals surface area contributed by atoms with Gasteiger partial charge in [0.2, 0.25) is 5.95 Å². The minimum atomic E-state index is -1.41. The molecule has 1 fully saturated rings. The third-order valence-corrected chi connectivity index (χ3v) is 3.77. The van der Waals surface area contributed by atoms with E-state index in [1.807, 2.05) is 0 Å². The number of hydrogen-bond donors (Lipinski definition) is 6. The van der Waals surface area contributed by atoms with Gasteiger partial charge in [-0.05, 0) is 0 Å². The minimum absolute atomic E-state index is 0.00978. The third kappa shape index (κ3) is 2.36. The first kappa shape index (κ1) is 15.8. The molecule has 0 aliphatic carbocycles. The molecule has 1 aliphatic heterocycles. The van der Waals surface area contributed by atoms with Crippen molar-refractivity contribution in [2.45, 2.75) is 24.5 Å². The van der Waals surface area contributed by atoms with Crippen LogP contribution in [0.15, 0.2) is 4.79 Å². The van der Waals surface area contributed by atoms with Gasteiger partial charge in [-0.3, -0.25) is 9.78 Å². The molecule has 1 unspecified atom stereocenters. The first-order valence-corrected chi connectivity index (χ1v) is 6.96. The van der Waals surface area contributed by atoms with Crippen LogP contribution in [0.3, 0.4) is 0 Å². The number of nitrogens with one attached hydrogen (secondary N) is 1. The Morgan fingerprint density at radius 2 is 2.13 bits per heavy atom. The number of nitrogens with zero attached hydrogens (tertiary/aromatic N) is 3. The van der Waals surface area contributed by atoms with Crippen molar-refractivity contribution in [3.8, 4) is 0 Å². The molecule has 0 spiro atoms. The number of rotatable bonds is 3. The molecule has 12 heteroatoms. The molecule has 1 saturated heterocycles. The summed E-state index contributed by atoms with van der Waals surface area (Å²) in [6.45, 7) is -0.508. The number of nitrogens with two attached hydrogens (primary N) is 2. The number of anilines is 1. The fourth-order valence-electron chi connectivity index (χ4n) is 2.49. The van der Waals surface area contributed by atoms with Gasteiger partial charge in [-0.2, -0.15) is 10.1 Å². The van der Waals surface area contributed by atoms with E-state index in [-0.39, 0.29) is 27.7 Å². The lowest BCUT2D eigenvalue weighted by Gasteiger charge is -2.15. The molecule has 2 aromatic heterocycles. The van der Waals surface area contributed by atoms with Crippen molar-refractivity contribution in [1.29, 1.82) is 0 Å². The van der Waals surface area contributed by atoms with Crippen molar-refractivity contribution < 1.29 is 20.1 Å². The van der Waals surface area contributed by atoms with Crippen molar-refractivity contribution >= 4 is 34.2 Å². The number of hydrogen-bond acceptors (Lipinski definition) is 9. The fourth-order valence-corrected chi connectivity index (χ4v) is 2.64. The summed E-state index contributed by atoms with van der Waals surface area (Å²) < 4.78 is 6.44. The molecule has 3 rings (SSSR count). The number of aliphatic hydroxyl groups is 3. The Morgan fingerprint density at radius 3 is 2.70 bits per heavy atom. The molecule has 0 saturated carbocycles. The number of aromatic nitrogens is 4. The van der Waals surface area contributed by atoms with Gasteiger partial charge >= 0.3 is 0 Å². The summed E-state index contributed by atoms with van der Waals surface area (Å²) in [6, 6.07) is 0. The second-order valence-corrected chi connectivity index (χ2v) is 5.48. The van der Waals surface area contributed by atoms with Gasteiger partial charge in [0.25, 0.3) is 5.56 Å². The van der Waals surface area contributed by atoms with Crippen LogP contribution < -0.4 is 17.0 Å². The molecule has 11 nitrogen and oxygen atoms in total. The van der Waals surface area contributed by atoms with Crippen LogP contribution in [0.2, 0.25) is 0 Å². The molecule has 0 amide bonds. The van der Waals surface area contributed by atoms with E-state index >= 15 is 0 Å². The summed E-state index contributed by atoms with van der Waals surface area (Å²) in [5, 5.41) is 33.2. The summed E-state index contributed by atoms with van der Waals surface area (Å²) in [4.78, 5) is 18.2. The zero-order chi connectivity index (χ0) is 16.9. The van der Waals surface area contributed by atoms with Crippen molar-refractivity contribution in [1.82, 2.24) is 19.7 Å². The van der Waals surface area contributed by atoms with E-state index in [1.165, 1.54) is 0 Å². The highest BCUT2D eigenvalue weighted by Gasteiger charge is 2.45. The van der Waals surface area contributed by atoms with E-state index in [1.54, 1.807) is 0 Å². The van der Waals surface area contributed by atoms with E-state index in [9.17, 15) is 15.0 Å². The van der Waals surface area contributed by atoms with Gasteiger partial charge in [-0.1, -0.05) is 12.2 Å². The molecule has 0 bridgehead atoms. The normalized spacial score (nSPS) is 27.6. The standard InChI is InChI=1S/C11H14N6O5S/c12-7(23)4-3-8(14-11(13)15-9(3)21)17(16-4)10-6(20)5(19)2(1-18)22-10/h2,5-6,10,18-20H,1H2,(H2,12,23)(H3,13,14,15,21)/t2-,5-,6-,10?/m1/s1. The maximum Gasteiger partial charge on any atom is 0.264 e. The Labute approximate surface area is 133 Å². The zero-order valence-corrected chi connectivity index (χ0v) is 12.4. The molecule has 0 aromatic carbocycles. The highest BCUT2D eigenvalue weighted by molar-refractivity contribution is 7.80. The topological polar surface area (TPSA) is 186 Å². The largest absolute Gasteiger partial charge is 0.394 e. The number of H-pyrrole nitrogens is 1. The summed E-state index contributed by atoms with van der Waals surface area (Å²) in [7, 11) is 0. The minimum Gasteiger partial charge on any atom is -0.394 e. The smallest absolute Gasteiger partial charge is 0.264 e. The average Bonchev–Trinajstić information content (AvgIpc) is 2.99. The lowest BCUT2D eigenvalue weighted by molar-refractivity contribution is -0.0566. The SMILES string of the molecule is NC(=S)c1nn(C2O[C@H](CO)[C@@H](O)[C@H]2O)c2nc(N)[nH]c(=O)c12. The molecule has 3 heterocycles. The summed E-state index contributed by atoms with van der Waals surface area (Å²) in [5.41, 5.74) is 10.5. The summed E-state index contributed by atoms with van der Waals surface area (Å²) in [5.74, 6) is -0.176. The molecular weight excluding hydrogens is 328 g/mol. The Kier molecular flexibility index (Phi) is 3.77. The molecule has 23 heavy (non-hydrogen) atoms. The molecule has 0 radical (unpaired) electrons. The monoisotopic (exact) mass is 342 g/mol. The van der Waals surface area contributed by atoms with Gasteiger partial charge in [0.15, 0.2) is 11.9 Å². The maximum absolute atomic E-state index is 12.1. The second-order valence-electron chi connectivity index (χ2n) is 5.04. The maximum atomic E-state index is 12.1. The van der Waals surface area contributed by atoms with Crippen LogP contribution in [0.25, 0.3) is 11.0 Å².